The van der Waals surface area contributed by atoms with Gasteiger partial charge in [-0.05, 0) is 37.1 Å². The third kappa shape index (κ3) is 3.46. The van der Waals surface area contributed by atoms with E-state index in [4.69, 9.17) is 5.73 Å². The molecule has 0 aromatic heterocycles. The van der Waals surface area contributed by atoms with E-state index in [2.05, 4.69) is 4.90 Å². The number of hydrogen-bond donors (Lipinski definition) is 1. The minimum Gasteiger partial charge on any atom is -0.327 e. The van der Waals surface area contributed by atoms with Crippen LogP contribution in [0.1, 0.15) is 24.0 Å². The van der Waals surface area contributed by atoms with Crippen LogP contribution in [0.4, 0.5) is 13.2 Å². The van der Waals surface area contributed by atoms with E-state index in [-0.39, 0.29) is 6.04 Å². The Morgan fingerprint density at radius 1 is 1.22 bits per heavy atom. The molecule has 0 saturated carbocycles. The van der Waals surface area contributed by atoms with Gasteiger partial charge in [0.2, 0.25) is 0 Å². The zero-order valence-corrected chi connectivity index (χ0v) is 10.1. The van der Waals surface area contributed by atoms with Crippen LogP contribution in [0.3, 0.4) is 0 Å². The molecular formula is C13H17F3N2. The Morgan fingerprint density at radius 3 is 2.44 bits per heavy atom. The van der Waals surface area contributed by atoms with Crippen molar-refractivity contribution < 1.29 is 13.2 Å². The van der Waals surface area contributed by atoms with Crippen molar-refractivity contribution in [1.29, 1.82) is 0 Å². The molecule has 2 N–H and O–H groups in total. The van der Waals surface area contributed by atoms with Gasteiger partial charge < -0.3 is 5.73 Å². The van der Waals surface area contributed by atoms with Crippen LogP contribution in [0.5, 0.6) is 0 Å². The molecule has 2 rings (SSSR count). The Kier molecular flexibility index (Phi) is 3.92. The number of rotatable bonds is 2. The molecule has 18 heavy (non-hydrogen) atoms. The highest BCUT2D eigenvalue weighted by Gasteiger charge is 2.30. The van der Waals surface area contributed by atoms with E-state index in [1.54, 1.807) is 12.1 Å². The molecular weight excluding hydrogens is 241 g/mol. The molecule has 0 bridgehead atoms. The Morgan fingerprint density at radius 2 is 1.89 bits per heavy atom. The number of nitrogens with two attached hydrogens (primary N) is 1. The fraction of sp³-hybridized carbons (Fsp3) is 0.538. The molecule has 1 saturated heterocycles. The maximum Gasteiger partial charge on any atom is 0.416 e. The summed E-state index contributed by atoms with van der Waals surface area (Å²) in [7, 11) is 0. The number of benzene rings is 1. The maximum absolute atomic E-state index is 12.4. The monoisotopic (exact) mass is 258 g/mol. The Bertz CT molecular complexity index is 386. The first kappa shape index (κ1) is 13.4. The molecule has 0 amide bonds. The molecule has 1 aromatic carbocycles. The van der Waals surface area contributed by atoms with E-state index in [1.807, 2.05) is 0 Å². The lowest BCUT2D eigenvalue weighted by Crippen LogP contribution is -2.42. The van der Waals surface area contributed by atoms with Crippen molar-refractivity contribution in [3.63, 3.8) is 0 Å². The van der Waals surface area contributed by atoms with Crippen molar-refractivity contribution in [2.45, 2.75) is 31.6 Å². The molecule has 0 spiro atoms. The summed E-state index contributed by atoms with van der Waals surface area (Å²) in [6, 6.07) is 5.55. The highest BCUT2D eigenvalue weighted by atomic mass is 19.4. The van der Waals surface area contributed by atoms with Gasteiger partial charge >= 0.3 is 6.18 Å². The van der Waals surface area contributed by atoms with Crippen molar-refractivity contribution in [3.8, 4) is 0 Å². The van der Waals surface area contributed by atoms with Gasteiger partial charge in [-0.2, -0.15) is 13.2 Å². The minimum atomic E-state index is -4.26. The lowest BCUT2D eigenvalue weighted by molar-refractivity contribution is -0.137. The minimum absolute atomic E-state index is 0.188. The van der Waals surface area contributed by atoms with Crippen LogP contribution in [0.25, 0.3) is 0 Å². The van der Waals surface area contributed by atoms with E-state index in [1.165, 1.54) is 0 Å². The summed E-state index contributed by atoms with van der Waals surface area (Å²) in [5.74, 6) is 0. The van der Waals surface area contributed by atoms with Gasteiger partial charge in [-0.3, -0.25) is 4.90 Å². The number of nitrogens with zero attached hydrogens (tertiary/aromatic N) is 1. The largest absolute Gasteiger partial charge is 0.416 e. The van der Waals surface area contributed by atoms with Gasteiger partial charge in [0.05, 0.1) is 5.56 Å². The SMILES string of the molecule is N[C@@H]1CCCN(Cc2ccc(C(F)(F)F)cc2)C1. The second-order valence-corrected chi connectivity index (χ2v) is 4.83. The van der Waals surface area contributed by atoms with Crippen LogP contribution in [0, 0.1) is 0 Å². The zero-order valence-electron chi connectivity index (χ0n) is 10.1. The lowest BCUT2D eigenvalue weighted by atomic mass is 10.1. The van der Waals surface area contributed by atoms with Gasteiger partial charge in [-0.1, -0.05) is 12.1 Å². The Balaban J connectivity index is 1.98. The second-order valence-electron chi connectivity index (χ2n) is 4.83. The summed E-state index contributed by atoms with van der Waals surface area (Å²) in [5, 5.41) is 0. The van der Waals surface area contributed by atoms with E-state index in [0.29, 0.717) is 6.54 Å². The van der Waals surface area contributed by atoms with Crippen molar-refractivity contribution in [2.75, 3.05) is 13.1 Å². The summed E-state index contributed by atoms with van der Waals surface area (Å²) in [6.45, 7) is 2.46. The second kappa shape index (κ2) is 5.28. The zero-order chi connectivity index (χ0) is 13.2. The van der Waals surface area contributed by atoms with Gasteiger partial charge in [0.1, 0.15) is 0 Å². The predicted molar refractivity (Wildman–Crippen MR) is 63.9 cm³/mol. The average Bonchev–Trinajstić information content (AvgIpc) is 2.28. The van der Waals surface area contributed by atoms with Crippen LogP contribution < -0.4 is 5.73 Å². The van der Waals surface area contributed by atoms with Gasteiger partial charge in [0.15, 0.2) is 0 Å². The normalized spacial score (nSPS) is 22.1. The lowest BCUT2D eigenvalue weighted by Gasteiger charge is -2.30. The van der Waals surface area contributed by atoms with E-state index >= 15 is 0 Å². The standard InChI is InChI=1S/C13H17F3N2/c14-13(15,16)11-5-3-10(4-6-11)8-18-7-1-2-12(17)9-18/h3-6,12H,1-2,7-9,17H2/t12-/m1/s1. The number of halogens is 3. The maximum atomic E-state index is 12.4. The van der Waals surface area contributed by atoms with Crippen LogP contribution in [-0.2, 0) is 12.7 Å². The first-order valence-electron chi connectivity index (χ1n) is 6.09. The third-order valence-corrected chi connectivity index (χ3v) is 3.23. The van der Waals surface area contributed by atoms with Crippen LogP contribution in [0.15, 0.2) is 24.3 Å². The molecule has 0 aliphatic carbocycles. The number of piperidine rings is 1. The van der Waals surface area contributed by atoms with E-state index < -0.39 is 11.7 Å². The number of alkyl halides is 3. The number of likely N-dealkylation sites (tertiary alicyclic amines) is 1. The van der Waals surface area contributed by atoms with Gasteiger partial charge in [0, 0.05) is 19.1 Å². The smallest absolute Gasteiger partial charge is 0.327 e. The average molecular weight is 258 g/mol. The molecule has 1 heterocycles. The quantitative estimate of drug-likeness (QED) is 0.883. The van der Waals surface area contributed by atoms with Crippen LogP contribution in [0.2, 0.25) is 0 Å². The number of hydrogen-bond acceptors (Lipinski definition) is 2. The van der Waals surface area contributed by atoms with Gasteiger partial charge in [-0.25, -0.2) is 0 Å². The van der Waals surface area contributed by atoms with Crippen molar-refractivity contribution >= 4 is 0 Å². The topological polar surface area (TPSA) is 29.3 Å². The van der Waals surface area contributed by atoms with E-state index in [9.17, 15) is 13.2 Å². The molecule has 100 valence electrons. The Hall–Kier alpha value is -1.07. The van der Waals surface area contributed by atoms with E-state index in [0.717, 1.165) is 43.6 Å². The summed E-state index contributed by atoms with van der Waals surface area (Å²) in [6.07, 6.45) is -2.17. The summed E-state index contributed by atoms with van der Waals surface area (Å²) >= 11 is 0. The molecule has 1 aliphatic heterocycles. The first-order chi connectivity index (χ1) is 8.45. The fourth-order valence-electron chi connectivity index (χ4n) is 2.29. The first-order valence-corrected chi connectivity index (χ1v) is 6.09. The van der Waals surface area contributed by atoms with Gasteiger partial charge in [0.25, 0.3) is 0 Å². The van der Waals surface area contributed by atoms with Crippen LogP contribution >= 0.6 is 0 Å². The fourth-order valence-corrected chi connectivity index (χ4v) is 2.29. The highest BCUT2D eigenvalue weighted by molar-refractivity contribution is 5.24. The Labute approximate surface area is 105 Å². The molecule has 5 heteroatoms. The molecule has 1 atom stereocenters. The van der Waals surface area contributed by atoms with Crippen LogP contribution in [-0.4, -0.2) is 24.0 Å². The molecule has 0 radical (unpaired) electrons. The predicted octanol–water partition coefficient (Wildman–Crippen LogP) is 2.63. The molecule has 1 aliphatic rings. The van der Waals surface area contributed by atoms with Crippen molar-refractivity contribution in [3.05, 3.63) is 35.4 Å². The molecule has 1 fully saturated rings. The molecule has 2 nitrogen and oxygen atoms in total. The summed E-state index contributed by atoms with van der Waals surface area (Å²) < 4.78 is 37.2. The summed E-state index contributed by atoms with van der Waals surface area (Å²) in [4.78, 5) is 2.19. The molecule has 1 aromatic rings. The third-order valence-electron chi connectivity index (χ3n) is 3.23. The molecule has 0 unspecified atom stereocenters. The van der Waals surface area contributed by atoms with Gasteiger partial charge in [-0.15, -0.1) is 0 Å². The summed E-state index contributed by atoms with van der Waals surface area (Å²) in [5.41, 5.74) is 6.17. The van der Waals surface area contributed by atoms with Crippen molar-refractivity contribution in [2.24, 2.45) is 5.73 Å². The highest BCUT2D eigenvalue weighted by Crippen LogP contribution is 2.29. The van der Waals surface area contributed by atoms with Crippen molar-refractivity contribution in [1.82, 2.24) is 4.90 Å².